The van der Waals surface area contributed by atoms with Crippen molar-refractivity contribution in [3.8, 4) is 39.5 Å². The van der Waals surface area contributed by atoms with Crippen LogP contribution >= 0.6 is 0 Å². The van der Waals surface area contributed by atoms with Crippen molar-refractivity contribution in [3.05, 3.63) is 96.1 Å². The molecule has 17 nitrogen and oxygen atoms in total. The molecule has 62 heavy (non-hydrogen) atoms. The van der Waals surface area contributed by atoms with E-state index in [1.54, 1.807) is 28.4 Å². The zero-order valence-electron chi connectivity index (χ0n) is 35.3. The van der Waals surface area contributed by atoms with Crippen LogP contribution < -0.4 is 15.4 Å². The normalized spacial score (nSPS) is 16.0. The summed E-state index contributed by atoms with van der Waals surface area (Å²) in [7, 11) is 2.54. The van der Waals surface area contributed by atoms with Crippen molar-refractivity contribution in [1.29, 1.82) is 0 Å². The number of imidazole rings is 2. The van der Waals surface area contributed by atoms with Gasteiger partial charge in [0, 0.05) is 64.2 Å². The Morgan fingerprint density at radius 2 is 1.73 bits per heavy atom. The average Bonchev–Trinajstić information content (AvgIpc) is 4.13. The van der Waals surface area contributed by atoms with E-state index in [-0.39, 0.29) is 36.9 Å². The maximum absolute atomic E-state index is 13.7. The minimum Gasteiger partial charge on any atom is -0.480 e. The standard InChI is InChI=1S/C45H50N10O7/c1-6-16-54(43(57)39(25(2)3)53-45(59)61-5)24-36-47-21-32(50-36)26-12-14-31-30(18-26)38-40(51-31)29-13-11-27(19-35(29)62-41(38)28-9-7-15-46-20-28)33-22-48-42(52-33)34-10-8-17-55(34)37(56)23-49-44(58)60-4/h7,9,11-15,18-22,25,34,39,41,51H,6,8,10,16-17,23-24H2,1-5H3,(H,47,50)(H,48,52)(H,49,58)(H,53,59). The van der Waals surface area contributed by atoms with Crippen LogP contribution in [-0.4, -0.2) is 104 Å². The molecule has 17 heteroatoms. The fourth-order valence-electron chi connectivity index (χ4n) is 8.34. The van der Waals surface area contributed by atoms with Gasteiger partial charge in [0.25, 0.3) is 0 Å². The lowest BCUT2D eigenvalue weighted by Gasteiger charge is -2.28. The number of aromatic amines is 3. The van der Waals surface area contributed by atoms with Crippen molar-refractivity contribution in [2.75, 3.05) is 33.9 Å². The average molecular weight is 843 g/mol. The second-order valence-corrected chi connectivity index (χ2v) is 15.8. The van der Waals surface area contributed by atoms with Crippen molar-refractivity contribution >= 4 is 34.9 Å². The molecular weight excluding hydrogens is 793 g/mol. The molecule has 4 aromatic heterocycles. The number of alkyl carbamates (subject to hydrolysis) is 2. The Hall–Kier alpha value is -7.17. The van der Waals surface area contributed by atoms with Gasteiger partial charge in [0.15, 0.2) is 6.10 Å². The number of fused-ring (bicyclic) bond motifs is 5. The number of benzene rings is 2. The van der Waals surface area contributed by atoms with E-state index in [9.17, 15) is 19.2 Å². The van der Waals surface area contributed by atoms with Crippen LogP contribution in [0.15, 0.2) is 73.3 Å². The van der Waals surface area contributed by atoms with Gasteiger partial charge in [0.05, 0.1) is 56.3 Å². The summed E-state index contributed by atoms with van der Waals surface area (Å²) < 4.78 is 16.3. The summed E-state index contributed by atoms with van der Waals surface area (Å²) in [6, 6.07) is 15.2. The lowest BCUT2D eigenvalue weighted by molar-refractivity contribution is -0.135. The van der Waals surface area contributed by atoms with Gasteiger partial charge in [0.1, 0.15) is 30.0 Å². The van der Waals surface area contributed by atoms with Gasteiger partial charge in [-0.05, 0) is 55.5 Å². The Bertz CT molecular complexity index is 2600. The van der Waals surface area contributed by atoms with Crippen LogP contribution in [0, 0.1) is 5.92 Å². The number of methoxy groups -OCH3 is 2. The van der Waals surface area contributed by atoms with Crippen molar-refractivity contribution in [2.45, 2.75) is 64.8 Å². The number of pyridine rings is 1. The molecule has 0 aliphatic carbocycles. The zero-order chi connectivity index (χ0) is 43.5. The van der Waals surface area contributed by atoms with E-state index in [0.29, 0.717) is 30.5 Å². The van der Waals surface area contributed by atoms with Crippen LogP contribution in [0.4, 0.5) is 9.59 Å². The molecule has 3 atom stereocenters. The summed E-state index contributed by atoms with van der Waals surface area (Å²) in [5, 5.41) is 6.14. The summed E-state index contributed by atoms with van der Waals surface area (Å²) in [4.78, 5) is 78.1. The summed E-state index contributed by atoms with van der Waals surface area (Å²) in [6.07, 6.45) is 7.60. The molecule has 3 unspecified atom stereocenters. The van der Waals surface area contributed by atoms with E-state index >= 15 is 0 Å². The first-order valence-electron chi connectivity index (χ1n) is 20.8. The van der Waals surface area contributed by atoms with Gasteiger partial charge in [-0.25, -0.2) is 19.6 Å². The number of nitrogens with zero attached hydrogens (tertiary/aromatic N) is 5. The predicted octanol–water partition coefficient (Wildman–Crippen LogP) is 6.63. The van der Waals surface area contributed by atoms with Crippen LogP contribution in [0.25, 0.3) is 44.7 Å². The van der Waals surface area contributed by atoms with Gasteiger partial charge in [-0.1, -0.05) is 39.0 Å². The number of ether oxygens (including phenoxy) is 3. The third-order valence-corrected chi connectivity index (χ3v) is 11.4. The van der Waals surface area contributed by atoms with E-state index in [1.807, 2.05) is 69.4 Å². The summed E-state index contributed by atoms with van der Waals surface area (Å²) >= 11 is 0. The number of aromatic nitrogens is 6. The fourth-order valence-corrected chi connectivity index (χ4v) is 8.34. The molecule has 2 aliphatic heterocycles. The Morgan fingerprint density at radius 1 is 0.952 bits per heavy atom. The molecule has 0 spiro atoms. The summed E-state index contributed by atoms with van der Waals surface area (Å²) in [6.45, 7) is 6.91. The first-order valence-corrected chi connectivity index (χ1v) is 20.8. The van der Waals surface area contributed by atoms with Gasteiger partial charge in [-0.3, -0.25) is 14.6 Å². The Balaban J connectivity index is 1.08. The second-order valence-electron chi connectivity index (χ2n) is 15.8. The molecule has 2 aliphatic rings. The predicted molar refractivity (Wildman–Crippen MR) is 230 cm³/mol. The number of nitrogens with one attached hydrogen (secondary N) is 5. The first kappa shape index (κ1) is 41.6. The minimum absolute atomic E-state index is 0.149. The molecule has 8 rings (SSSR count). The van der Waals surface area contributed by atoms with E-state index in [2.05, 4.69) is 51.3 Å². The van der Waals surface area contributed by atoms with Crippen molar-refractivity contribution in [3.63, 3.8) is 0 Å². The third-order valence-electron chi connectivity index (χ3n) is 11.4. The Morgan fingerprint density at radius 3 is 2.48 bits per heavy atom. The molecule has 0 radical (unpaired) electrons. The number of carbonyl (C=O) groups excluding carboxylic acids is 4. The molecule has 6 heterocycles. The maximum Gasteiger partial charge on any atom is 0.407 e. The number of hydrogen-bond acceptors (Lipinski definition) is 10. The fraction of sp³-hybridized carbons (Fsp3) is 0.356. The highest BCUT2D eigenvalue weighted by molar-refractivity contribution is 5.96. The van der Waals surface area contributed by atoms with Gasteiger partial charge >= 0.3 is 12.2 Å². The number of H-pyrrole nitrogens is 3. The number of rotatable bonds is 13. The lowest BCUT2D eigenvalue weighted by Crippen LogP contribution is -2.51. The zero-order valence-corrected chi connectivity index (χ0v) is 35.3. The monoisotopic (exact) mass is 842 g/mol. The molecule has 5 N–H and O–H groups in total. The van der Waals surface area contributed by atoms with E-state index < -0.39 is 24.3 Å². The van der Waals surface area contributed by atoms with Crippen LogP contribution in [0.5, 0.6) is 5.75 Å². The SMILES string of the molecule is CCCN(Cc1ncc(-c2ccc3[nH]c4c(c3c2)C(c2cccnc2)Oc2cc(-c3cnc(C5CCCN5C(=O)CNC(=O)OC)[nH]3)ccc2-4)[nH]1)C(=O)C(NC(=O)OC)C(C)C. The largest absolute Gasteiger partial charge is 0.480 e. The van der Waals surface area contributed by atoms with Crippen molar-refractivity contribution in [1.82, 2.24) is 50.3 Å². The van der Waals surface area contributed by atoms with Crippen LogP contribution in [0.1, 0.15) is 75.0 Å². The van der Waals surface area contributed by atoms with Crippen LogP contribution in [-0.2, 0) is 25.6 Å². The van der Waals surface area contributed by atoms with Crippen molar-refractivity contribution < 1.29 is 33.4 Å². The molecule has 2 aromatic carbocycles. The van der Waals surface area contributed by atoms with Crippen LogP contribution in [0.3, 0.4) is 0 Å². The smallest absolute Gasteiger partial charge is 0.407 e. The summed E-state index contributed by atoms with van der Waals surface area (Å²) in [5.74, 6) is 1.42. The summed E-state index contributed by atoms with van der Waals surface area (Å²) in [5.41, 5.74) is 7.97. The highest BCUT2D eigenvalue weighted by Crippen LogP contribution is 2.49. The number of likely N-dealkylation sites (tertiary alicyclic amines) is 1. The highest BCUT2D eigenvalue weighted by atomic mass is 16.5. The Kier molecular flexibility index (Phi) is 11.9. The molecule has 4 amide bonds. The van der Waals surface area contributed by atoms with Gasteiger partial charge in [-0.15, -0.1) is 0 Å². The Labute approximate surface area is 358 Å². The minimum atomic E-state index is -0.743. The molecule has 1 saturated heterocycles. The van der Waals surface area contributed by atoms with E-state index in [1.165, 1.54) is 14.2 Å². The lowest BCUT2D eigenvalue weighted by atomic mass is 9.92. The first-order chi connectivity index (χ1) is 30.1. The quantitative estimate of drug-likeness (QED) is 0.0837. The molecule has 1 fully saturated rings. The van der Waals surface area contributed by atoms with Gasteiger partial charge in [-0.2, -0.15) is 0 Å². The van der Waals surface area contributed by atoms with Crippen molar-refractivity contribution in [2.24, 2.45) is 5.92 Å². The molecule has 6 aromatic rings. The molecular formula is C45H50N10O7. The molecule has 0 bridgehead atoms. The van der Waals surface area contributed by atoms with Gasteiger partial charge in [0.2, 0.25) is 11.8 Å². The molecule has 322 valence electrons. The maximum atomic E-state index is 13.7. The van der Waals surface area contributed by atoms with Gasteiger partial charge < -0.3 is 49.6 Å². The number of carbonyl (C=O) groups is 4. The topological polar surface area (TPSA) is 213 Å². The highest BCUT2D eigenvalue weighted by Gasteiger charge is 2.35. The number of amides is 4. The molecule has 0 saturated carbocycles. The number of hydrogen-bond donors (Lipinski definition) is 5. The third kappa shape index (κ3) is 8.29. The van der Waals surface area contributed by atoms with Crippen LogP contribution in [0.2, 0.25) is 0 Å². The van der Waals surface area contributed by atoms with E-state index in [4.69, 9.17) is 9.47 Å². The second kappa shape index (κ2) is 17.8. The van der Waals surface area contributed by atoms with E-state index in [0.717, 1.165) is 75.1 Å².